The van der Waals surface area contributed by atoms with Crippen molar-refractivity contribution in [1.29, 1.82) is 0 Å². The van der Waals surface area contributed by atoms with Crippen LogP contribution in [0.1, 0.15) is 33.6 Å². The summed E-state index contributed by atoms with van der Waals surface area (Å²) in [5.41, 5.74) is 0.557. The van der Waals surface area contributed by atoms with E-state index in [1.807, 2.05) is 13.8 Å². The largest absolute Gasteiger partial charge is 0.353 e. The molecule has 2 N–H and O–H groups in total. The molecule has 0 spiro atoms. The van der Waals surface area contributed by atoms with Crippen molar-refractivity contribution in [3.63, 3.8) is 0 Å². The Hall–Kier alpha value is -1.93. The Balaban J connectivity index is 1.99. The lowest BCUT2D eigenvalue weighted by molar-refractivity contribution is -0.125. The summed E-state index contributed by atoms with van der Waals surface area (Å²) in [7, 11) is -3.57. The van der Waals surface area contributed by atoms with E-state index >= 15 is 0 Å². The van der Waals surface area contributed by atoms with E-state index in [-0.39, 0.29) is 28.7 Å². The van der Waals surface area contributed by atoms with Gasteiger partial charge >= 0.3 is 0 Å². The van der Waals surface area contributed by atoms with Crippen molar-refractivity contribution in [2.24, 2.45) is 5.92 Å². The van der Waals surface area contributed by atoms with Crippen LogP contribution in [-0.2, 0) is 19.6 Å². The molecule has 0 atom stereocenters. The number of carbonyl (C=O) groups excluding carboxylic acids is 2. The molecule has 0 bridgehead atoms. The summed E-state index contributed by atoms with van der Waals surface area (Å²) in [6, 6.07) is 6.15. The maximum absolute atomic E-state index is 12.7. The highest BCUT2D eigenvalue weighted by Crippen LogP contribution is 2.22. The van der Waals surface area contributed by atoms with Crippen LogP contribution in [0, 0.1) is 5.92 Å². The number of hydrogen-bond donors (Lipinski definition) is 2. The predicted molar refractivity (Wildman–Crippen MR) is 95.5 cm³/mol. The van der Waals surface area contributed by atoms with Gasteiger partial charge in [-0.25, -0.2) is 8.42 Å². The molecule has 0 aliphatic carbocycles. The second kappa shape index (κ2) is 7.97. The Kier molecular flexibility index (Phi) is 6.18. The van der Waals surface area contributed by atoms with Crippen LogP contribution in [0.15, 0.2) is 29.2 Å². The molecule has 2 amide bonds. The number of rotatable bonds is 5. The Morgan fingerprint density at radius 3 is 2.16 bits per heavy atom. The van der Waals surface area contributed by atoms with Crippen LogP contribution in [0.3, 0.4) is 0 Å². The zero-order valence-corrected chi connectivity index (χ0v) is 15.6. The predicted octanol–water partition coefficient (Wildman–Crippen LogP) is 1.57. The van der Waals surface area contributed by atoms with Gasteiger partial charge in [-0.3, -0.25) is 9.59 Å². The van der Waals surface area contributed by atoms with Crippen molar-refractivity contribution in [3.8, 4) is 0 Å². The molecule has 0 aromatic heterocycles. The summed E-state index contributed by atoms with van der Waals surface area (Å²) in [6.45, 7) is 5.81. The number of nitrogens with one attached hydrogen (secondary N) is 2. The number of sulfonamides is 1. The van der Waals surface area contributed by atoms with Gasteiger partial charge in [0.05, 0.1) is 4.90 Å². The number of benzene rings is 1. The second-order valence-electron chi connectivity index (χ2n) is 6.55. The Morgan fingerprint density at radius 2 is 1.68 bits per heavy atom. The van der Waals surface area contributed by atoms with Crippen molar-refractivity contribution in [3.05, 3.63) is 24.3 Å². The number of amides is 2. The molecule has 1 aliphatic rings. The van der Waals surface area contributed by atoms with Crippen LogP contribution in [0.4, 0.5) is 5.69 Å². The van der Waals surface area contributed by atoms with Gasteiger partial charge in [0.1, 0.15) is 0 Å². The van der Waals surface area contributed by atoms with Gasteiger partial charge in [-0.1, -0.05) is 13.8 Å². The summed E-state index contributed by atoms with van der Waals surface area (Å²) < 4.78 is 26.9. The second-order valence-corrected chi connectivity index (χ2v) is 8.49. The molecule has 0 radical (unpaired) electrons. The van der Waals surface area contributed by atoms with Gasteiger partial charge in [-0.2, -0.15) is 4.31 Å². The maximum Gasteiger partial charge on any atom is 0.243 e. The Labute approximate surface area is 148 Å². The molecule has 0 saturated carbocycles. The number of carbonyl (C=O) groups is 2. The Morgan fingerprint density at radius 1 is 1.12 bits per heavy atom. The maximum atomic E-state index is 12.7. The van der Waals surface area contributed by atoms with Crippen molar-refractivity contribution in [1.82, 2.24) is 9.62 Å². The van der Waals surface area contributed by atoms with E-state index in [1.165, 1.54) is 23.4 Å². The van der Waals surface area contributed by atoms with Crippen LogP contribution < -0.4 is 10.6 Å². The zero-order valence-electron chi connectivity index (χ0n) is 14.8. The number of nitrogens with zero attached hydrogens (tertiary/aromatic N) is 1. The molecule has 1 aliphatic heterocycles. The monoisotopic (exact) mass is 367 g/mol. The summed E-state index contributed by atoms with van der Waals surface area (Å²) in [5.74, 6) is -0.292. The smallest absolute Gasteiger partial charge is 0.243 e. The van der Waals surface area contributed by atoms with E-state index < -0.39 is 10.0 Å². The van der Waals surface area contributed by atoms with Crippen molar-refractivity contribution in [2.45, 2.75) is 44.6 Å². The van der Waals surface area contributed by atoms with Crippen LogP contribution in [-0.4, -0.2) is 43.7 Å². The van der Waals surface area contributed by atoms with E-state index in [1.54, 1.807) is 12.1 Å². The minimum atomic E-state index is -3.57. The topological polar surface area (TPSA) is 95.6 Å². The quantitative estimate of drug-likeness (QED) is 0.826. The van der Waals surface area contributed by atoms with Gasteiger partial charge < -0.3 is 10.6 Å². The third-order valence-electron chi connectivity index (χ3n) is 4.14. The van der Waals surface area contributed by atoms with Gasteiger partial charge in [0, 0.05) is 37.7 Å². The van der Waals surface area contributed by atoms with Crippen LogP contribution in [0.5, 0.6) is 0 Å². The summed E-state index contributed by atoms with van der Waals surface area (Å²) >= 11 is 0. The van der Waals surface area contributed by atoms with E-state index in [2.05, 4.69) is 10.6 Å². The van der Waals surface area contributed by atoms with Crippen LogP contribution in [0.25, 0.3) is 0 Å². The molecule has 7 nitrogen and oxygen atoms in total. The summed E-state index contributed by atoms with van der Waals surface area (Å²) in [5, 5.41) is 5.56. The standard InChI is InChI=1S/C17H25N3O4S/c1-12(2)17(22)19-15-8-10-20(11-9-15)25(23,24)16-6-4-14(5-7-16)18-13(3)21/h4-7,12,15H,8-11H2,1-3H3,(H,18,21)(H,19,22). The molecule has 138 valence electrons. The first-order valence-corrected chi connectivity index (χ1v) is 9.82. The van der Waals surface area contributed by atoms with E-state index in [4.69, 9.17) is 0 Å². The van der Waals surface area contributed by atoms with Crippen LogP contribution >= 0.6 is 0 Å². The third kappa shape index (κ3) is 5.02. The number of hydrogen-bond acceptors (Lipinski definition) is 4. The van der Waals surface area contributed by atoms with Gasteiger partial charge in [0.25, 0.3) is 0 Å². The first kappa shape index (κ1) is 19.4. The fourth-order valence-electron chi connectivity index (χ4n) is 2.67. The lowest BCUT2D eigenvalue weighted by Crippen LogP contribution is -2.47. The van der Waals surface area contributed by atoms with Gasteiger partial charge in [-0.15, -0.1) is 0 Å². The highest BCUT2D eigenvalue weighted by Gasteiger charge is 2.30. The van der Waals surface area contributed by atoms with Gasteiger partial charge in [-0.05, 0) is 37.1 Å². The van der Waals surface area contributed by atoms with Crippen molar-refractivity contribution in [2.75, 3.05) is 18.4 Å². The molecule has 1 heterocycles. The number of piperidine rings is 1. The van der Waals surface area contributed by atoms with E-state index in [9.17, 15) is 18.0 Å². The highest BCUT2D eigenvalue weighted by molar-refractivity contribution is 7.89. The molecule has 1 saturated heterocycles. The summed E-state index contributed by atoms with van der Waals surface area (Å²) in [4.78, 5) is 23.0. The summed E-state index contributed by atoms with van der Waals surface area (Å²) in [6.07, 6.45) is 1.20. The third-order valence-corrected chi connectivity index (χ3v) is 6.05. The highest BCUT2D eigenvalue weighted by atomic mass is 32.2. The molecule has 1 aromatic carbocycles. The number of anilines is 1. The molecule has 2 rings (SSSR count). The van der Waals surface area contributed by atoms with E-state index in [0.29, 0.717) is 31.6 Å². The average molecular weight is 367 g/mol. The first-order chi connectivity index (χ1) is 11.7. The van der Waals surface area contributed by atoms with E-state index in [0.717, 1.165) is 0 Å². The average Bonchev–Trinajstić information content (AvgIpc) is 2.55. The van der Waals surface area contributed by atoms with Crippen molar-refractivity contribution >= 4 is 27.5 Å². The Bertz CT molecular complexity index is 721. The molecule has 25 heavy (non-hydrogen) atoms. The zero-order chi connectivity index (χ0) is 18.6. The van der Waals surface area contributed by atoms with Crippen molar-refractivity contribution < 1.29 is 18.0 Å². The lowest BCUT2D eigenvalue weighted by Gasteiger charge is -2.32. The molecule has 1 fully saturated rings. The SMILES string of the molecule is CC(=O)Nc1ccc(S(=O)(=O)N2CCC(NC(=O)C(C)C)CC2)cc1. The minimum absolute atomic E-state index is 0.00475. The molecule has 0 unspecified atom stereocenters. The fraction of sp³-hybridized carbons (Fsp3) is 0.529. The lowest BCUT2D eigenvalue weighted by atomic mass is 10.1. The molecule has 8 heteroatoms. The first-order valence-electron chi connectivity index (χ1n) is 8.38. The molecule has 1 aromatic rings. The fourth-order valence-corrected chi connectivity index (χ4v) is 4.14. The normalized spacial score (nSPS) is 16.6. The minimum Gasteiger partial charge on any atom is -0.353 e. The molecular formula is C17H25N3O4S. The molecular weight excluding hydrogens is 342 g/mol. The van der Waals surface area contributed by atoms with Gasteiger partial charge in [0.15, 0.2) is 0 Å². The van der Waals surface area contributed by atoms with Gasteiger partial charge in [0.2, 0.25) is 21.8 Å². The van der Waals surface area contributed by atoms with Crippen LogP contribution in [0.2, 0.25) is 0 Å².